The Kier molecular flexibility index (Phi) is 8.96. The van der Waals surface area contributed by atoms with E-state index >= 15 is 0 Å². The number of methoxy groups -OCH3 is 2. The molecular weight excluding hydrogens is 388 g/mol. The second kappa shape index (κ2) is 11.7. The van der Waals surface area contributed by atoms with E-state index < -0.39 is 12.1 Å². The fourth-order valence-electron chi connectivity index (χ4n) is 2.82. The van der Waals surface area contributed by atoms with Crippen LogP contribution < -0.4 is 14.8 Å². The first-order valence-electron chi connectivity index (χ1n) is 9.48. The number of benzene rings is 2. The lowest BCUT2D eigenvalue weighted by atomic mass is 10.0. The molecule has 0 aliphatic carbocycles. The predicted octanol–water partition coefficient (Wildman–Crippen LogP) is 2.95. The zero-order valence-electron chi connectivity index (χ0n) is 17.7. The van der Waals surface area contributed by atoms with Crippen molar-refractivity contribution < 1.29 is 28.6 Å². The molecule has 0 aliphatic rings. The first-order chi connectivity index (χ1) is 14.5. The van der Waals surface area contributed by atoms with Crippen LogP contribution in [0.4, 0.5) is 4.79 Å². The van der Waals surface area contributed by atoms with Crippen molar-refractivity contribution in [2.24, 2.45) is 0 Å². The van der Waals surface area contributed by atoms with Crippen LogP contribution in [0.25, 0.3) is 0 Å². The molecule has 0 saturated carbocycles. The van der Waals surface area contributed by atoms with Gasteiger partial charge in [-0.05, 0) is 36.1 Å². The molecule has 0 unspecified atom stereocenters. The number of carbonyl (C=O) groups excluding carboxylic acids is 2. The Morgan fingerprint density at radius 2 is 1.67 bits per heavy atom. The molecule has 1 atom stereocenters. The summed E-state index contributed by atoms with van der Waals surface area (Å²) in [6.07, 6.45) is 0.199. The van der Waals surface area contributed by atoms with Crippen LogP contribution in [0, 0.1) is 0 Å². The highest BCUT2D eigenvalue weighted by molar-refractivity contribution is 5.84. The van der Waals surface area contributed by atoms with Crippen molar-refractivity contribution in [3.63, 3.8) is 0 Å². The lowest BCUT2D eigenvalue weighted by Crippen LogP contribution is -2.47. The third kappa shape index (κ3) is 6.66. The number of hydroxylamine groups is 2. The van der Waals surface area contributed by atoms with Gasteiger partial charge in [0.1, 0.15) is 12.6 Å². The van der Waals surface area contributed by atoms with E-state index in [1.807, 2.05) is 42.5 Å². The number of likely N-dealkylation sites (N-methyl/N-ethyl adjacent to an activating group) is 1. The number of aryl methyl sites for hydroxylation is 1. The third-order valence-corrected chi connectivity index (χ3v) is 4.56. The lowest BCUT2D eigenvalue weighted by molar-refractivity contribution is -0.171. The monoisotopic (exact) mass is 416 g/mol. The molecule has 0 radical (unpaired) electrons. The van der Waals surface area contributed by atoms with Crippen LogP contribution in [0.15, 0.2) is 48.5 Å². The summed E-state index contributed by atoms with van der Waals surface area (Å²) in [7, 11) is 6.00. The number of ether oxygens (including phenoxy) is 3. The molecule has 0 saturated heterocycles. The number of nitrogens with zero attached hydrogens (tertiary/aromatic N) is 1. The van der Waals surface area contributed by atoms with Crippen LogP contribution in [0.3, 0.4) is 0 Å². The molecule has 8 heteroatoms. The van der Waals surface area contributed by atoms with E-state index in [0.29, 0.717) is 24.3 Å². The van der Waals surface area contributed by atoms with Gasteiger partial charge in [0.2, 0.25) is 0 Å². The van der Waals surface area contributed by atoms with E-state index in [4.69, 9.17) is 19.0 Å². The van der Waals surface area contributed by atoms with Crippen LogP contribution in [0.2, 0.25) is 0 Å². The molecule has 162 valence electrons. The van der Waals surface area contributed by atoms with Crippen LogP contribution in [-0.2, 0) is 27.4 Å². The molecule has 8 nitrogen and oxygen atoms in total. The van der Waals surface area contributed by atoms with E-state index in [0.717, 1.165) is 16.2 Å². The minimum Gasteiger partial charge on any atom is -0.493 e. The summed E-state index contributed by atoms with van der Waals surface area (Å²) >= 11 is 0. The van der Waals surface area contributed by atoms with Gasteiger partial charge >= 0.3 is 6.09 Å². The van der Waals surface area contributed by atoms with Crippen molar-refractivity contribution in [1.82, 2.24) is 10.4 Å². The Morgan fingerprint density at radius 1 is 0.967 bits per heavy atom. The number of alkyl carbamates (subject to hydrolysis) is 1. The number of carbonyl (C=O) groups is 2. The molecule has 2 rings (SSSR count). The summed E-state index contributed by atoms with van der Waals surface area (Å²) < 4.78 is 15.8. The number of hydrogen-bond acceptors (Lipinski definition) is 6. The molecule has 0 heterocycles. The van der Waals surface area contributed by atoms with E-state index in [1.54, 1.807) is 20.3 Å². The van der Waals surface area contributed by atoms with E-state index in [9.17, 15) is 9.59 Å². The summed E-state index contributed by atoms with van der Waals surface area (Å²) in [4.78, 5) is 29.8. The second-order valence-electron chi connectivity index (χ2n) is 6.50. The normalized spacial score (nSPS) is 11.3. The smallest absolute Gasteiger partial charge is 0.408 e. The van der Waals surface area contributed by atoms with Gasteiger partial charge in [0, 0.05) is 7.05 Å². The molecule has 2 aromatic carbocycles. The standard InChI is InChI=1S/C22H28N2O6/c1-24(29-4)21(25)18(23-22(26)30-15-17-8-6-5-7-9-17)12-10-16-11-13-19(27-2)20(14-16)28-3/h5-9,11,13-14,18H,10,12,15H2,1-4H3,(H,23,26)/t18-/m1/s1. The highest BCUT2D eigenvalue weighted by Gasteiger charge is 2.25. The van der Waals surface area contributed by atoms with Crippen molar-refractivity contribution in [3.05, 3.63) is 59.7 Å². The lowest BCUT2D eigenvalue weighted by Gasteiger charge is -2.22. The number of amides is 2. The van der Waals surface area contributed by atoms with Gasteiger partial charge in [0.15, 0.2) is 11.5 Å². The van der Waals surface area contributed by atoms with Gasteiger partial charge in [0.25, 0.3) is 5.91 Å². The number of rotatable bonds is 10. The maximum absolute atomic E-state index is 12.6. The van der Waals surface area contributed by atoms with Crippen molar-refractivity contribution in [1.29, 1.82) is 0 Å². The van der Waals surface area contributed by atoms with Gasteiger partial charge in [0.05, 0.1) is 21.3 Å². The molecular formula is C22H28N2O6. The van der Waals surface area contributed by atoms with Gasteiger partial charge in [-0.1, -0.05) is 36.4 Å². The topological polar surface area (TPSA) is 86.3 Å². The Hall–Kier alpha value is -3.26. The second-order valence-corrected chi connectivity index (χ2v) is 6.50. The molecule has 0 aromatic heterocycles. The third-order valence-electron chi connectivity index (χ3n) is 4.56. The Labute approximate surface area is 176 Å². The summed E-state index contributed by atoms with van der Waals surface area (Å²) in [6, 6.07) is 14.0. The highest BCUT2D eigenvalue weighted by Crippen LogP contribution is 2.28. The fourth-order valence-corrected chi connectivity index (χ4v) is 2.82. The predicted molar refractivity (Wildman–Crippen MR) is 111 cm³/mol. The van der Waals surface area contributed by atoms with E-state index in [-0.39, 0.29) is 12.5 Å². The molecule has 1 N–H and O–H groups in total. The van der Waals surface area contributed by atoms with Crippen molar-refractivity contribution in [2.45, 2.75) is 25.5 Å². The maximum Gasteiger partial charge on any atom is 0.408 e. The van der Waals surface area contributed by atoms with Crippen LogP contribution in [0.5, 0.6) is 11.5 Å². The van der Waals surface area contributed by atoms with Crippen LogP contribution in [0.1, 0.15) is 17.5 Å². The highest BCUT2D eigenvalue weighted by atomic mass is 16.7. The van der Waals surface area contributed by atoms with Gasteiger partial charge in [-0.25, -0.2) is 9.86 Å². The molecule has 0 spiro atoms. The summed E-state index contributed by atoms with van der Waals surface area (Å²) in [5, 5.41) is 3.72. The van der Waals surface area contributed by atoms with Gasteiger partial charge < -0.3 is 19.5 Å². The SMILES string of the molecule is COc1ccc(CC[C@@H](NC(=O)OCc2ccccc2)C(=O)N(C)OC)cc1OC. The van der Waals surface area contributed by atoms with Gasteiger partial charge in [-0.15, -0.1) is 0 Å². The van der Waals surface area contributed by atoms with Gasteiger partial charge in [-0.2, -0.15) is 0 Å². The average molecular weight is 416 g/mol. The molecule has 2 amide bonds. The number of hydrogen-bond donors (Lipinski definition) is 1. The van der Waals surface area contributed by atoms with Crippen LogP contribution in [-0.4, -0.2) is 51.5 Å². The van der Waals surface area contributed by atoms with E-state index in [1.165, 1.54) is 14.2 Å². The molecule has 0 fully saturated rings. The zero-order chi connectivity index (χ0) is 21.9. The number of nitrogens with one attached hydrogen (secondary N) is 1. The Balaban J connectivity index is 2.02. The molecule has 0 bridgehead atoms. The average Bonchev–Trinajstić information content (AvgIpc) is 2.79. The summed E-state index contributed by atoms with van der Waals surface area (Å²) in [6.45, 7) is 0.114. The zero-order valence-corrected chi connectivity index (χ0v) is 17.7. The molecule has 30 heavy (non-hydrogen) atoms. The fraction of sp³-hybridized carbons (Fsp3) is 0.364. The van der Waals surface area contributed by atoms with E-state index in [2.05, 4.69) is 5.32 Å². The van der Waals surface area contributed by atoms with Crippen molar-refractivity contribution in [2.75, 3.05) is 28.4 Å². The quantitative estimate of drug-likeness (QED) is 0.600. The van der Waals surface area contributed by atoms with Crippen molar-refractivity contribution in [3.8, 4) is 11.5 Å². The molecule has 2 aromatic rings. The first kappa shape index (κ1) is 23.0. The maximum atomic E-state index is 12.6. The summed E-state index contributed by atoms with van der Waals surface area (Å²) in [5.41, 5.74) is 1.79. The summed E-state index contributed by atoms with van der Waals surface area (Å²) in [5.74, 6) is 0.840. The molecule has 0 aliphatic heterocycles. The Bertz CT molecular complexity index is 828. The first-order valence-corrected chi connectivity index (χ1v) is 9.48. The minimum atomic E-state index is -0.814. The van der Waals surface area contributed by atoms with Crippen LogP contribution >= 0.6 is 0 Å². The largest absolute Gasteiger partial charge is 0.493 e. The van der Waals surface area contributed by atoms with Crippen molar-refractivity contribution >= 4 is 12.0 Å². The Morgan fingerprint density at radius 3 is 2.30 bits per heavy atom. The minimum absolute atomic E-state index is 0.114. The van der Waals surface area contributed by atoms with Gasteiger partial charge in [-0.3, -0.25) is 9.63 Å².